The molecule has 0 bridgehead atoms. The van der Waals surface area contributed by atoms with Crippen LogP contribution in [0.2, 0.25) is 0 Å². The number of benzene rings is 1. The van der Waals surface area contributed by atoms with E-state index < -0.39 is 11.5 Å². The van der Waals surface area contributed by atoms with Gasteiger partial charge in [-0.15, -0.1) is 0 Å². The van der Waals surface area contributed by atoms with Crippen LogP contribution in [-0.4, -0.2) is 41.4 Å². The van der Waals surface area contributed by atoms with Gasteiger partial charge in [-0.2, -0.15) is 0 Å². The van der Waals surface area contributed by atoms with E-state index in [1.54, 1.807) is 6.92 Å². The van der Waals surface area contributed by atoms with Gasteiger partial charge in [0.05, 0.1) is 0 Å². The molecule has 1 aliphatic rings. The maximum atomic E-state index is 11.7. The molecule has 1 N–H and O–H groups in total. The number of carboxylic acids is 1. The summed E-state index contributed by atoms with van der Waals surface area (Å²) in [5.74, 6) is 0.725. The topological polar surface area (TPSA) is 59.0 Å². The Morgan fingerprint density at radius 2 is 1.95 bits per heavy atom. The van der Waals surface area contributed by atoms with Crippen LogP contribution in [0.4, 0.5) is 0 Å². The van der Waals surface area contributed by atoms with E-state index in [2.05, 4.69) is 0 Å². The van der Waals surface area contributed by atoms with Gasteiger partial charge in [0.25, 0.3) is 0 Å². The van der Waals surface area contributed by atoms with Crippen LogP contribution in [0.15, 0.2) is 18.2 Å². The van der Waals surface area contributed by atoms with Crippen LogP contribution >= 0.6 is 0 Å². The summed E-state index contributed by atoms with van der Waals surface area (Å²) in [5.41, 5.74) is 0.221. The zero-order chi connectivity index (χ0) is 15.5. The standard InChI is InChI=1S/C16H23NO4/c1-4-17(5-2)16(3,15(18)19)9-8-12-6-7-13-14(10-12)21-11-20-13/h6-7,10H,4-5,8-9,11H2,1-3H3,(H,18,19). The molecule has 1 atom stereocenters. The minimum atomic E-state index is -0.847. The quantitative estimate of drug-likeness (QED) is 0.837. The molecule has 5 nitrogen and oxygen atoms in total. The molecule has 5 heteroatoms. The molecule has 0 saturated carbocycles. The summed E-state index contributed by atoms with van der Waals surface area (Å²) in [6, 6.07) is 5.79. The lowest BCUT2D eigenvalue weighted by atomic mass is 9.91. The van der Waals surface area contributed by atoms with Gasteiger partial charge in [-0.3, -0.25) is 9.69 Å². The van der Waals surface area contributed by atoms with Crippen LogP contribution in [0.1, 0.15) is 32.8 Å². The third-order valence-electron chi connectivity index (χ3n) is 4.26. The second-order valence-corrected chi connectivity index (χ2v) is 5.44. The first-order valence-corrected chi connectivity index (χ1v) is 7.38. The maximum Gasteiger partial charge on any atom is 0.323 e. The zero-order valence-electron chi connectivity index (χ0n) is 12.9. The summed E-state index contributed by atoms with van der Waals surface area (Å²) in [6.45, 7) is 7.48. The van der Waals surface area contributed by atoms with Gasteiger partial charge in [-0.25, -0.2) is 0 Å². The van der Waals surface area contributed by atoms with Crippen molar-refractivity contribution in [3.05, 3.63) is 23.8 Å². The average molecular weight is 293 g/mol. The summed E-state index contributed by atoms with van der Waals surface area (Å²) < 4.78 is 10.6. The van der Waals surface area contributed by atoms with Gasteiger partial charge >= 0.3 is 5.97 Å². The van der Waals surface area contributed by atoms with E-state index in [-0.39, 0.29) is 6.79 Å². The Morgan fingerprint density at radius 1 is 1.29 bits per heavy atom. The van der Waals surface area contributed by atoms with Crippen molar-refractivity contribution in [1.82, 2.24) is 4.90 Å². The molecule has 1 aliphatic heterocycles. The smallest absolute Gasteiger partial charge is 0.323 e. The van der Waals surface area contributed by atoms with Crippen LogP contribution in [0.3, 0.4) is 0 Å². The van der Waals surface area contributed by atoms with E-state index in [0.29, 0.717) is 12.8 Å². The minimum Gasteiger partial charge on any atom is -0.480 e. The van der Waals surface area contributed by atoms with E-state index in [1.807, 2.05) is 36.9 Å². The van der Waals surface area contributed by atoms with Gasteiger partial charge in [0, 0.05) is 0 Å². The highest BCUT2D eigenvalue weighted by atomic mass is 16.7. The lowest BCUT2D eigenvalue weighted by Crippen LogP contribution is -2.52. The highest BCUT2D eigenvalue weighted by Crippen LogP contribution is 2.33. The van der Waals surface area contributed by atoms with E-state index in [0.717, 1.165) is 30.2 Å². The fourth-order valence-electron chi connectivity index (χ4n) is 2.81. The fourth-order valence-corrected chi connectivity index (χ4v) is 2.81. The van der Waals surface area contributed by atoms with Crippen LogP contribution in [0.5, 0.6) is 11.5 Å². The van der Waals surface area contributed by atoms with E-state index in [9.17, 15) is 9.90 Å². The number of rotatable bonds is 7. The van der Waals surface area contributed by atoms with Crippen molar-refractivity contribution >= 4 is 5.97 Å². The lowest BCUT2D eigenvalue weighted by molar-refractivity contribution is -0.150. The Morgan fingerprint density at radius 3 is 2.57 bits per heavy atom. The first kappa shape index (κ1) is 15.6. The molecule has 1 heterocycles. The monoisotopic (exact) mass is 293 g/mol. The van der Waals surface area contributed by atoms with E-state index in [1.165, 1.54) is 0 Å². The highest BCUT2D eigenvalue weighted by molar-refractivity contribution is 5.78. The van der Waals surface area contributed by atoms with Crippen molar-refractivity contribution in [1.29, 1.82) is 0 Å². The molecule has 2 rings (SSSR count). The second kappa shape index (κ2) is 6.35. The van der Waals surface area contributed by atoms with Crippen LogP contribution in [0.25, 0.3) is 0 Å². The third-order valence-corrected chi connectivity index (χ3v) is 4.26. The summed E-state index contributed by atoms with van der Waals surface area (Å²) in [5, 5.41) is 9.61. The Labute approximate surface area is 125 Å². The number of nitrogens with zero attached hydrogens (tertiary/aromatic N) is 1. The molecule has 0 radical (unpaired) electrons. The molecule has 0 spiro atoms. The number of likely N-dealkylation sites (N-methyl/N-ethyl adjacent to an activating group) is 1. The second-order valence-electron chi connectivity index (χ2n) is 5.44. The first-order valence-electron chi connectivity index (χ1n) is 7.38. The van der Waals surface area contributed by atoms with Gasteiger partial charge in [0.1, 0.15) is 5.54 Å². The van der Waals surface area contributed by atoms with Crippen molar-refractivity contribution in [2.24, 2.45) is 0 Å². The van der Waals surface area contributed by atoms with Crippen LogP contribution < -0.4 is 9.47 Å². The van der Waals surface area contributed by atoms with Crippen molar-refractivity contribution in [3.63, 3.8) is 0 Å². The number of hydrogen-bond donors (Lipinski definition) is 1. The molecule has 0 aromatic heterocycles. The SMILES string of the molecule is CCN(CC)C(C)(CCc1ccc2c(c1)OCO2)C(=O)O. The molecule has 21 heavy (non-hydrogen) atoms. The third kappa shape index (κ3) is 3.13. The van der Waals surface area contributed by atoms with Crippen LogP contribution in [0, 0.1) is 0 Å². The molecule has 0 fully saturated rings. The molecular formula is C16H23NO4. The predicted molar refractivity (Wildman–Crippen MR) is 79.8 cm³/mol. The maximum absolute atomic E-state index is 11.7. The number of carboxylic acid groups (broad SMARTS) is 1. The Kier molecular flexibility index (Phi) is 4.73. The molecule has 0 aliphatic carbocycles. The largest absolute Gasteiger partial charge is 0.480 e. The number of aliphatic carboxylic acids is 1. The molecular weight excluding hydrogens is 270 g/mol. The van der Waals surface area contributed by atoms with E-state index in [4.69, 9.17) is 9.47 Å². The summed E-state index contributed by atoms with van der Waals surface area (Å²) in [6.07, 6.45) is 1.25. The zero-order valence-corrected chi connectivity index (χ0v) is 12.9. The first-order chi connectivity index (χ1) is 10.0. The molecule has 1 unspecified atom stereocenters. The molecule has 116 valence electrons. The van der Waals surface area contributed by atoms with Crippen molar-refractivity contribution in [3.8, 4) is 11.5 Å². The van der Waals surface area contributed by atoms with Crippen molar-refractivity contribution in [2.45, 2.75) is 39.2 Å². The highest BCUT2D eigenvalue weighted by Gasteiger charge is 2.37. The Hall–Kier alpha value is -1.75. The summed E-state index contributed by atoms with van der Waals surface area (Å²) in [7, 11) is 0. The number of hydrogen-bond acceptors (Lipinski definition) is 4. The minimum absolute atomic E-state index is 0.255. The van der Waals surface area contributed by atoms with Gasteiger partial charge in [0.15, 0.2) is 11.5 Å². The fraction of sp³-hybridized carbons (Fsp3) is 0.562. The molecule has 0 amide bonds. The molecule has 0 saturated heterocycles. The number of aryl methyl sites for hydroxylation is 1. The normalized spacial score (nSPS) is 16.0. The molecule has 1 aromatic rings. The number of ether oxygens (including phenoxy) is 2. The van der Waals surface area contributed by atoms with Crippen LogP contribution in [-0.2, 0) is 11.2 Å². The number of carbonyl (C=O) groups is 1. The Bertz CT molecular complexity index is 513. The Balaban J connectivity index is 2.10. The van der Waals surface area contributed by atoms with Crippen molar-refractivity contribution in [2.75, 3.05) is 19.9 Å². The average Bonchev–Trinajstić information content (AvgIpc) is 2.93. The van der Waals surface area contributed by atoms with Gasteiger partial charge < -0.3 is 14.6 Å². The van der Waals surface area contributed by atoms with E-state index >= 15 is 0 Å². The van der Waals surface area contributed by atoms with Crippen molar-refractivity contribution < 1.29 is 19.4 Å². The van der Waals surface area contributed by atoms with Gasteiger partial charge in [-0.1, -0.05) is 19.9 Å². The summed E-state index contributed by atoms with van der Waals surface area (Å²) in [4.78, 5) is 13.7. The van der Waals surface area contributed by atoms with Gasteiger partial charge in [-0.05, 0) is 50.6 Å². The summed E-state index contributed by atoms with van der Waals surface area (Å²) >= 11 is 0. The number of fused-ring (bicyclic) bond motifs is 1. The lowest BCUT2D eigenvalue weighted by Gasteiger charge is -2.36. The van der Waals surface area contributed by atoms with Gasteiger partial charge in [0.2, 0.25) is 6.79 Å². The predicted octanol–water partition coefficient (Wildman–Crippen LogP) is 2.53. The molecule has 1 aromatic carbocycles.